The van der Waals surface area contributed by atoms with E-state index in [9.17, 15) is 68.7 Å². The van der Waals surface area contributed by atoms with E-state index in [0.29, 0.717) is 43.4 Å². The van der Waals surface area contributed by atoms with Crippen LogP contribution in [0.15, 0.2) is 85.3 Å². The van der Waals surface area contributed by atoms with E-state index >= 15 is 38.4 Å². The molecule has 3 aromatic carbocycles. The number of carbonyl (C=O) groups is 17. The number of likely N-dealkylation sites (tertiary alicyclic amines) is 2. The number of carbonyl (C=O) groups excluding carboxylic acids is 16. The lowest BCUT2D eigenvalue weighted by Gasteiger charge is -2.33. The highest BCUT2D eigenvalue weighted by atomic mass is 33.1. The van der Waals surface area contributed by atoms with Crippen LogP contribution in [0.1, 0.15) is 184 Å². The van der Waals surface area contributed by atoms with Crippen molar-refractivity contribution in [3.05, 3.63) is 108 Å². The normalized spacial score (nSPS) is 21.0. The molecule has 5 heterocycles. The Bertz CT molecular complexity index is 5070. The van der Waals surface area contributed by atoms with Gasteiger partial charge in [-0.05, 0) is 189 Å². The summed E-state index contributed by atoms with van der Waals surface area (Å²) in [5.74, 6) is -18.3. The number of carboxylic acid groups (broad SMARTS) is 1. The molecule has 0 aliphatic carbocycles. The van der Waals surface area contributed by atoms with E-state index in [1.165, 1.54) is 100 Å². The topological polar surface area (TPSA) is 788 Å². The number of phenols is 3. The summed E-state index contributed by atoms with van der Waals surface area (Å²) in [6.45, 7) is 2.63. The van der Waals surface area contributed by atoms with E-state index in [0.717, 1.165) is 54.2 Å². The SMILES string of the molecule is CCCCCCCC(=O)NCCCC[C@H](NC(=O)[C@H](Cc1ccc(O)cc1)NC(=O)[C@@H]1CSSC[C@H](NC(=O)[C@@H](NC(=O)[C@H](Cc2cnc[nH]2)NC(=O)[C@@H](N)Cc2ccc(O)cc2)[C@@H](C)O)C(=O)N[C@@H](CCCNC(=N)N)C(=O)NCC(=O)N2CCC[C@@H]2C(=O)NCC[C@H](N)C(=O)N[C@@H](CCCNC(=N)N)C(=O)N[C@@H](Cc2ccc(O)cc2)C(=O)N1)C(=O)N[C@@H](CCCCN)C(=O)N1CCC[C@@H]1C(=O)N1CCC[C@H]1C(=O)O. The number of aliphatic hydroxyl groups is 1. The number of amides is 16. The highest BCUT2D eigenvalue weighted by molar-refractivity contribution is 8.76. The highest BCUT2D eigenvalue weighted by Gasteiger charge is 2.46. The first kappa shape index (κ1) is 119. The van der Waals surface area contributed by atoms with E-state index in [-0.39, 0.29) is 189 Å². The van der Waals surface area contributed by atoms with Gasteiger partial charge in [-0.2, -0.15) is 0 Å². The number of fused-ring (bicyclic) bond motifs is 1. The predicted molar refractivity (Wildman–Crippen MR) is 543 cm³/mol. The summed E-state index contributed by atoms with van der Waals surface area (Å²) in [5, 5.41) is 108. The van der Waals surface area contributed by atoms with Gasteiger partial charge in [0.2, 0.25) is 94.5 Å². The standard InChI is InChI=1S/C96H145N27O22S2/c1-3-4-5-6-7-24-77(128)105-39-11-9-17-66(83(133)114-68(18-8-10-38-97)92(142)122-44-15-22-75(122)93(143)123-45-16-23-76(123)94(144)145)113-85(135)69(47-57-27-33-61(126)34-28-57)117-89(139)72-52-146-147-53-73(119-91(141)79(55(2)124)120-87(137)71(49-59-50-104-54-110-59)115-81(131)64(99)46-56-25-31-60(125)32-26-56)88(138)112-65(19-12-40-107-95(100)101)82(132)109-51-78(129)121-43-14-21-74(121)90(140)106-42-37-63(98)80(130)111-67(20-13-41-108-96(102)103)84(134)116-70(86(136)118-72)48-58-29-35-62(127)36-30-58/h25-36,50,54-55,63-76,79,124-127H,3-24,37-49,51-53,97-99H2,1-2H3,(H,104,110)(H,105,128)(H,106,140)(H,109,132)(H,111,130)(H,112,138)(H,113,135)(H,114,133)(H,115,131)(H,116,134)(H,117,139)(H,118,136)(H,119,141)(H,120,137)(H,144,145)(H4,100,101,107)(H4,102,103,108)/t55-,63+,64+,65+,66+,67+,68+,69+,70+,71+,72+,73+,74-,75-,76+,79+/m1/s1. The van der Waals surface area contributed by atoms with Gasteiger partial charge in [0.1, 0.15) is 95.8 Å². The number of nitrogens with two attached hydrogens (primary N) is 5. The number of nitrogens with zero attached hydrogens (tertiary/aromatic N) is 4. The van der Waals surface area contributed by atoms with Gasteiger partial charge < -0.3 is 154 Å². The predicted octanol–water partition coefficient (Wildman–Crippen LogP) is -3.94. The number of unbranched alkanes of at least 4 members (excludes halogenated alkanes) is 6. The molecule has 49 nitrogen and oxygen atoms in total. The second-order valence-electron chi connectivity index (χ2n) is 37.0. The number of aromatic amines is 1. The van der Waals surface area contributed by atoms with Crippen LogP contribution in [-0.4, -0.2) is 330 Å². The van der Waals surface area contributed by atoms with Gasteiger partial charge in [-0.15, -0.1) is 0 Å². The van der Waals surface area contributed by atoms with E-state index in [2.05, 4.69) is 96.6 Å². The number of H-pyrrole nitrogens is 1. The zero-order chi connectivity index (χ0) is 107. The quantitative estimate of drug-likeness (QED) is 0.00869. The first-order valence-corrected chi connectivity index (χ1v) is 52.4. The molecule has 1 aromatic heterocycles. The van der Waals surface area contributed by atoms with E-state index < -0.39 is 234 Å². The highest BCUT2D eigenvalue weighted by Crippen LogP contribution is 2.29. The lowest BCUT2D eigenvalue weighted by Crippen LogP contribution is -2.62. The fraction of sp³-hybridized carbons (Fsp3) is 0.583. The fourth-order valence-corrected chi connectivity index (χ4v) is 19.6. The van der Waals surface area contributed by atoms with Gasteiger partial charge in [0.25, 0.3) is 0 Å². The molecule has 4 aromatic rings. The number of phenolic OH excluding ortho intramolecular Hbond substituents is 3. The van der Waals surface area contributed by atoms with Gasteiger partial charge in [0.05, 0.1) is 31.1 Å². The number of aliphatic carboxylic acids is 1. The van der Waals surface area contributed by atoms with Crippen molar-refractivity contribution in [1.82, 2.24) is 104 Å². The molecule has 4 fully saturated rings. The van der Waals surface area contributed by atoms with Crippen LogP contribution in [0.3, 0.4) is 0 Å². The summed E-state index contributed by atoms with van der Waals surface area (Å²) < 4.78 is 0. The molecule has 51 heteroatoms. The number of nitrogens with one attached hydrogen (secondary N) is 18. The lowest BCUT2D eigenvalue weighted by atomic mass is 10.0. The molecule has 808 valence electrons. The molecule has 16 amide bonds. The van der Waals surface area contributed by atoms with Crippen molar-refractivity contribution < 1.29 is 107 Å². The van der Waals surface area contributed by atoms with Gasteiger partial charge in [0.15, 0.2) is 11.9 Å². The molecule has 0 radical (unpaired) electrons. The third-order valence-corrected chi connectivity index (χ3v) is 27.9. The Balaban J connectivity index is 1.22. The second kappa shape index (κ2) is 61.7. The molecule has 4 aliphatic heterocycles. The second-order valence-corrected chi connectivity index (χ2v) is 39.5. The van der Waals surface area contributed by atoms with Gasteiger partial charge in [-0.25, -0.2) is 9.78 Å². The van der Waals surface area contributed by atoms with Crippen molar-refractivity contribution in [3.63, 3.8) is 0 Å². The van der Waals surface area contributed by atoms with Crippen LogP contribution in [-0.2, 0) is 107 Å². The molecule has 0 unspecified atom stereocenters. The van der Waals surface area contributed by atoms with Crippen molar-refractivity contribution in [2.75, 3.05) is 70.4 Å². The van der Waals surface area contributed by atoms with Crippen molar-refractivity contribution in [1.29, 1.82) is 10.8 Å². The van der Waals surface area contributed by atoms with E-state index in [4.69, 9.17) is 39.5 Å². The summed E-state index contributed by atoms with van der Waals surface area (Å²) in [5.41, 5.74) is 31.5. The first-order valence-electron chi connectivity index (χ1n) is 49.9. The summed E-state index contributed by atoms with van der Waals surface area (Å²) in [6.07, 6.45) is 5.86. The van der Waals surface area contributed by atoms with Crippen molar-refractivity contribution >= 4 is 134 Å². The van der Waals surface area contributed by atoms with Crippen LogP contribution in [0.2, 0.25) is 0 Å². The Hall–Kier alpha value is -13.7. The Labute approximate surface area is 859 Å². The molecule has 0 bridgehead atoms. The van der Waals surface area contributed by atoms with Crippen molar-refractivity contribution in [2.24, 2.45) is 28.7 Å². The van der Waals surface area contributed by atoms with Crippen LogP contribution < -0.4 is 108 Å². The summed E-state index contributed by atoms with van der Waals surface area (Å²) >= 11 is 0. The summed E-state index contributed by atoms with van der Waals surface area (Å²) in [6, 6.07) is -6.60. The first-order chi connectivity index (χ1) is 70.3. The Morgan fingerprint density at radius 2 is 1.08 bits per heavy atom. The number of benzene rings is 3. The maximum absolute atomic E-state index is 16.1. The number of rotatable bonds is 47. The smallest absolute Gasteiger partial charge is 0.326 e. The largest absolute Gasteiger partial charge is 0.508 e. The number of carboxylic acids is 1. The van der Waals surface area contributed by atoms with E-state index in [1.54, 1.807) is 0 Å². The third kappa shape index (κ3) is 39.9. The Kier molecular flexibility index (Phi) is 49.8. The average Bonchev–Trinajstić information content (AvgIpc) is 1.66. The van der Waals surface area contributed by atoms with Gasteiger partial charge in [-0.1, -0.05) is 90.6 Å². The van der Waals surface area contributed by atoms with E-state index in [1.807, 2.05) is 0 Å². The molecule has 8 rings (SSSR count). The van der Waals surface area contributed by atoms with Crippen molar-refractivity contribution in [3.8, 4) is 17.2 Å². The molecule has 4 saturated heterocycles. The number of hydrogen-bond donors (Lipinski definition) is 28. The monoisotopic (exact) mass is 2090 g/mol. The number of guanidine groups is 2. The molecule has 0 saturated carbocycles. The molecule has 147 heavy (non-hydrogen) atoms. The Morgan fingerprint density at radius 3 is 1.71 bits per heavy atom. The zero-order valence-electron chi connectivity index (χ0n) is 82.9. The average molecular weight is 2090 g/mol. The zero-order valence-corrected chi connectivity index (χ0v) is 84.5. The maximum Gasteiger partial charge on any atom is 0.326 e. The van der Waals surface area contributed by atoms with Gasteiger partial charge in [-0.3, -0.25) is 87.5 Å². The maximum atomic E-state index is 16.1. The Morgan fingerprint density at radius 1 is 0.537 bits per heavy atom. The van der Waals surface area contributed by atoms with Crippen LogP contribution >= 0.6 is 21.6 Å². The van der Waals surface area contributed by atoms with Crippen LogP contribution in [0.5, 0.6) is 17.2 Å². The van der Waals surface area contributed by atoms with Crippen molar-refractivity contribution in [2.45, 2.75) is 284 Å². The molecule has 0 spiro atoms. The molecular weight excluding hydrogens is 1950 g/mol. The number of imidazole rings is 1. The van der Waals surface area contributed by atoms with Gasteiger partial charge >= 0.3 is 5.97 Å². The number of aliphatic hydroxyl groups excluding tert-OH is 1. The minimum absolute atomic E-state index is 0.0196. The molecular formula is C96H145N27O22S2. The van der Waals surface area contributed by atoms with Crippen LogP contribution in [0, 0.1) is 10.8 Å². The van der Waals surface area contributed by atoms with Crippen LogP contribution in [0.4, 0.5) is 0 Å². The number of hydrogen-bond acceptors (Lipinski definition) is 29. The van der Waals surface area contributed by atoms with Crippen LogP contribution in [0.25, 0.3) is 0 Å². The molecule has 33 N–H and O–H groups in total. The molecule has 4 aliphatic rings. The summed E-state index contributed by atoms with van der Waals surface area (Å²) in [4.78, 5) is 261. The summed E-state index contributed by atoms with van der Waals surface area (Å²) in [7, 11) is 1.45. The lowest BCUT2D eigenvalue weighted by molar-refractivity contribution is -0.152. The minimum atomic E-state index is -2.01. The minimum Gasteiger partial charge on any atom is -0.508 e. The number of aromatic hydroxyl groups is 3. The van der Waals surface area contributed by atoms with Gasteiger partial charge in [0, 0.05) is 94.9 Å². The third-order valence-electron chi connectivity index (χ3n) is 25.4. The number of aromatic nitrogens is 2. The molecule has 16 atom stereocenters. The fourth-order valence-electron chi connectivity index (χ4n) is 17.3.